The maximum atomic E-state index is 13.1. The lowest BCUT2D eigenvalue weighted by Gasteiger charge is -2.21. The standard InChI is InChI=1S/C78H152O17P2/c1-8-10-11-12-13-38-45-52-59-75(80)88-65-73(95-78(83)62-55-48-41-34-33-37-44-51-58-71(7)9-2)67-92-96(84,85)90-63-72(79)64-91-97(86,87)93-68-74(66-89-76(81)60-53-46-39-31-27-24-20-22-26-30-36-43-50-57-70(5)6)94-77(82)61-54-47-40-32-28-23-19-17-15-14-16-18-21-25-29-35-42-49-56-69(3)4/h69-74,79H,8-68H2,1-7H3,(H,84,85)(H,86,87)/t71?,72-,73+,74+/m0/s1. The summed E-state index contributed by atoms with van der Waals surface area (Å²) in [6.07, 6.45) is 55.6. The minimum Gasteiger partial charge on any atom is -0.462 e. The molecule has 0 aliphatic rings. The molecule has 97 heavy (non-hydrogen) atoms. The van der Waals surface area contributed by atoms with Gasteiger partial charge >= 0.3 is 39.5 Å². The number of esters is 4. The maximum Gasteiger partial charge on any atom is 0.472 e. The summed E-state index contributed by atoms with van der Waals surface area (Å²) >= 11 is 0. The molecule has 0 rings (SSSR count). The number of ether oxygens (including phenoxy) is 4. The fourth-order valence-corrected chi connectivity index (χ4v) is 13.5. The Bertz CT molecular complexity index is 1890. The molecule has 0 aliphatic carbocycles. The third-order valence-electron chi connectivity index (χ3n) is 18.5. The van der Waals surface area contributed by atoms with Gasteiger partial charge in [-0.05, 0) is 43.4 Å². The first-order valence-corrected chi connectivity index (χ1v) is 43.4. The van der Waals surface area contributed by atoms with Crippen LogP contribution >= 0.6 is 15.6 Å². The van der Waals surface area contributed by atoms with Crippen molar-refractivity contribution in [3.05, 3.63) is 0 Å². The van der Waals surface area contributed by atoms with Crippen molar-refractivity contribution < 1.29 is 80.2 Å². The Balaban J connectivity index is 5.19. The number of hydrogen-bond acceptors (Lipinski definition) is 15. The Morgan fingerprint density at radius 3 is 0.784 bits per heavy atom. The number of unbranched alkanes of at least 4 members (excludes halogenated alkanes) is 43. The molecule has 0 amide bonds. The molecule has 17 nitrogen and oxygen atoms in total. The molecule has 0 saturated carbocycles. The highest BCUT2D eigenvalue weighted by Crippen LogP contribution is 2.45. The van der Waals surface area contributed by atoms with Gasteiger partial charge in [0.2, 0.25) is 0 Å². The van der Waals surface area contributed by atoms with Crippen LogP contribution in [0, 0.1) is 17.8 Å². The lowest BCUT2D eigenvalue weighted by Crippen LogP contribution is -2.30. The van der Waals surface area contributed by atoms with Gasteiger partial charge in [0.1, 0.15) is 19.3 Å². The normalized spacial score (nSPS) is 14.3. The molecule has 3 unspecified atom stereocenters. The number of aliphatic hydroxyl groups excluding tert-OH is 1. The topological polar surface area (TPSA) is 237 Å². The fraction of sp³-hybridized carbons (Fsp3) is 0.949. The van der Waals surface area contributed by atoms with Crippen LogP contribution in [0.3, 0.4) is 0 Å². The van der Waals surface area contributed by atoms with Crippen LogP contribution in [-0.2, 0) is 65.4 Å². The Labute approximate surface area is 594 Å². The molecule has 19 heteroatoms. The summed E-state index contributed by atoms with van der Waals surface area (Å²) < 4.78 is 68.5. The predicted octanol–water partition coefficient (Wildman–Crippen LogP) is 23.0. The zero-order valence-electron chi connectivity index (χ0n) is 63.5. The van der Waals surface area contributed by atoms with E-state index >= 15 is 0 Å². The monoisotopic (exact) mass is 1420 g/mol. The highest BCUT2D eigenvalue weighted by Gasteiger charge is 2.30. The van der Waals surface area contributed by atoms with Crippen molar-refractivity contribution >= 4 is 39.5 Å². The third-order valence-corrected chi connectivity index (χ3v) is 20.4. The molecule has 0 fully saturated rings. The SMILES string of the molecule is CCCCCCCCCCC(=O)OC[C@H](COP(=O)(O)OC[C@H](O)COP(=O)(O)OC[C@@H](COC(=O)CCCCCCCCCCCCCCCC(C)C)OC(=O)CCCCCCCCCCCCCCCCCCCCC(C)C)OC(=O)CCCCCCCCCCC(C)CC. The molecule has 576 valence electrons. The van der Waals surface area contributed by atoms with E-state index in [0.29, 0.717) is 25.7 Å². The van der Waals surface area contributed by atoms with Crippen LogP contribution < -0.4 is 0 Å². The van der Waals surface area contributed by atoms with Gasteiger partial charge in [-0.15, -0.1) is 0 Å². The molecule has 0 aromatic carbocycles. The Hall–Kier alpha value is -1.94. The van der Waals surface area contributed by atoms with E-state index in [4.69, 9.17) is 37.0 Å². The van der Waals surface area contributed by atoms with Gasteiger partial charge in [-0.2, -0.15) is 0 Å². The second kappa shape index (κ2) is 68.5. The van der Waals surface area contributed by atoms with Crippen molar-refractivity contribution in [2.24, 2.45) is 17.8 Å². The summed E-state index contributed by atoms with van der Waals surface area (Å²) in [4.78, 5) is 72.8. The van der Waals surface area contributed by atoms with Gasteiger partial charge in [0, 0.05) is 25.7 Å². The van der Waals surface area contributed by atoms with Gasteiger partial charge in [0.25, 0.3) is 0 Å². The molecule has 3 N–H and O–H groups in total. The summed E-state index contributed by atoms with van der Waals surface area (Å²) in [7, 11) is -9.91. The molecule has 0 aliphatic heterocycles. The lowest BCUT2D eigenvalue weighted by atomic mass is 9.99. The highest BCUT2D eigenvalue weighted by atomic mass is 31.2. The zero-order valence-corrected chi connectivity index (χ0v) is 65.3. The molecule has 0 saturated heterocycles. The summed E-state index contributed by atoms with van der Waals surface area (Å²) in [5, 5.41) is 10.6. The second-order valence-corrected chi connectivity index (χ2v) is 32.2. The summed E-state index contributed by atoms with van der Waals surface area (Å²) in [6.45, 7) is 11.9. The van der Waals surface area contributed by atoms with Crippen LogP contribution in [-0.4, -0.2) is 96.7 Å². The van der Waals surface area contributed by atoms with Gasteiger partial charge in [-0.25, -0.2) is 9.13 Å². The number of carbonyl (C=O) groups is 4. The molecule has 0 radical (unpaired) electrons. The third kappa shape index (κ3) is 70.9. The average Bonchev–Trinajstić information content (AvgIpc) is 1.05. The first-order chi connectivity index (χ1) is 46.8. The summed E-state index contributed by atoms with van der Waals surface area (Å²) in [5.41, 5.74) is 0. The van der Waals surface area contributed by atoms with Gasteiger partial charge in [-0.3, -0.25) is 37.3 Å². The largest absolute Gasteiger partial charge is 0.472 e. The first-order valence-electron chi connectivity index (χ1n) is 40.4. The first kappa shape index (κ1) is 95.1. The molecular weight excluding hydrogens is 1270 g/mol. The minimum atomic E-state index is -4.96. The van der Waals surface area contributed by atoms with Crippen molar-refractivity contribution in [3.8, 4) is 0 Å². The number of carbonyl (C=O) groups excluding carboxylic acids is 4. The Morgan fingerprint density at radius 1 is 0.299 bits per heavy atom. The van der Waals surface area contributed by atoms with Crippen molar-refractivity contribution in [1.82, 2.24) is 0 Å². The minimum absolute atomic E-state index is 0.105. The van der Waals surface area contributed by atoms with Crippen molar-refractivity contribution in [2.45, 2.75) is 420 Å². The van der Waals surface area contributed by atoms with E-state index in [1.165, 1.54) is 205 Å². The van der Waals surface area contributed by atoms with Crippen LogP contribution in [0.15, 0.2) is 0 Å². The fourth-order valence-electron chi connectivity index (χ4n) is 11.9. The average molecular weight is 1420 g/mol. The van der Waals surface area contributed by atoms with Gasteiger partial charge in [0.15, 0.2) is 12.2 Å². The number of aliphatic hydroxyl groups is 1. The number of phosphoric ester groups is 2. The molecule has 6 atom stereocenters. The van der Waals surface area contributed by atoms with Gasteiger partial charge in [0.05, 0.1) is 26.4 Å². The van der Waals surface area contributed by atoms with E-state index in [1.807, 2.05) is 0 Å². The Kier molecular flexibility index (Phi) is 67.1. The summed E-state index contributed by atoms with van der Waals surface area (Å²) in [5.74, 6) is 0.262. The summed E-state index contributed by atoms with van der Waals surface area (Å²) in [6, 6.07) is 0. The number of hydrogen-bond donors (Lipinski definition) is 3. The zero-order chi connectivity index (χ0) is 71.6. The number of rotatable bonds is 76. The second-order valence-electron chi connectivity index (χ2n) is 29.3. The van der Waals surface area contributed by atoms with Gasteiger partial charge < -0.3 is 33.8 Å². The van der Waals surface area contributed by atoms with Crippen LogP contribution in [0.2, 0.25) is 0 Å². The maximum absolute atomic E-state index is 13.1. The smallest absolute Gasteiger partial charge is 0.462 e. The molecule has 0 aromatic rings. The molecule has 0 bridgehead atoms. The highest BCUT2D eigenvalue weighted by molar-refractivity contribution is 7.47. The van der Waals surface area contributed by atoms with E-state index in [0.717, 1.165) is 114 Å². The quantitative estimate of drug-likeness (QED) is 0.0222. The van der Waals surface area contributed by atoms with Crippen LogP contribution in [0.25, 0.3) is 0 Å². The molecule has 0 heterocycles. The molecule has 0 aromatic heterocycles. The van der Waals surface area contributed by atoms with E-state index < -0.39 is 97.5 Å². The van der Waals surface area contributed by atoms with E-state index in [1.54, 1.807) is 0 Å². The van der Waals surface area contributed by atoms with Crippen molar-refractivity contribution in [2.75, 3.05) is 39.6 Å². The lowest BCUT2D eigenvalue weighted by molar-refractivity contribution is -0.161. The van der Waals surface area contributed by atoms with E-state index in [2.05, 4.69) is 48.5 Å². The Morgan fingerprint density at radius 2 is 0.526 bits per heavy atom. The van der Waals surface area contributed by atoms with Crippen molar-refractivity contribution in [3.63, 3.8) is 0 Å². The van der Waals surface area contributed by atoms with Crippen LogP contribution in [0.1, 0.15) is 402 Å². The van der Waals surface area contributed by atoms with E-state index in [9.17, 15) is 43.2 Å². The van der Waals surface area contributed by atoms with Gasteiger partial charge in [-0.1, -0.05) is 350 Å². The van der Waals surface area contributed by atoms with Crippen LogP contribution in [0.5, 0.6) is 0 Å². The predicted molar refractivity (Wildman–Crippen MR) is 395 cm³/mol. The van der Waals surface area contributed by atoms with Crippen molar-refractivity contribution in [1.29, 1.82) is 0 Å². The number of phosphoric acid groups is 2. The molecule has 0 spiro atoms. The van der Waals surface area contributed by atoms with Crippen LogP contribution in [0.4, 0.5) is 0 Å². The molecular formula is C78H152O17P2. The van der Waals surface area contributed by atoms with E-state index in [-0.39, 0.29) is 25.7 Å².